The molecule has 2 unspecified atom stereocenters. The van der Waals surface area contributed by atoms with Gasteiger partial charge in [0, 0.05) is 17.8 Å². The number of carbonyl (C=O) groups is 2. The van der Waals surface area contributed by atoms with Gasteiger partial charge in [-0.05, 0) is 68.1 Å². The van der Waals surface area contributed by atoms with Crippen LogP contribution in [0, 0.1) is 34.5 Å². The Morgan fingerprint density at radius 2 is 1.88 bits per heavy atom. The van der Waals surface area contributed by atoms with Crippen molar-refractivity contribution in [3.05, 3.63) is 0 Å². The number of rotatable bonds is 1. The third-order valence-electron chi connectivity index (χ3n) is 8.58. The van der Waals surface area contributed by atoms with Gasteiger partial charge < -0.3 is 0 Å². The molecule has 4 fully saturated rings. The average Bonchev–Trinajstić information content (AvgIpc) is 2.86. The van der Waals surface area contributed by atoms with Crippen LogP contribution in [0.2, 0.25) is 0 Å². The van der Waals surface area contributed by atoms with Gasteiger partial charge in [0.1, 0.15) is 5.78 Å². The highest BCUT2D eigenvalue weighted by Gasteiger charge is 2.62. The van der Waals surface area contributed by atoms with Crippen molar-refractivity contribution in [3.8, 4) is 0 Å². The summed E-state index contributed by atoms with van der Waals surface area (Å²) < 4.78 is 0. The van der Waals surface area contributed by atoms with Crippen LogP contribution in [0.25, 0.3) is 0 Å². The molecule has 1 amide bonds. The molecule has 1 heterocycles. The van der Waals surface area contributed by atoms with Crippen LogP contribution in [-0.2, 0) is 9.59 Å². The number of ketones is 1. The van der Waals surface area contributed by atoms with E-state index in [-0.39, 0.29) is 28.7 Å². The molecule has 0 bridgehead atoms. The van der Waals surface area contributed by atoms with E-state index in [1.807, 2.05) is 6.92 Å². The quantitative estimate of drug-likeness (QED) is 0.742. The lowest BCUT2D eigenvalue weighted by atomic mass is 9.47. The molecule has 24 heavy (non-hydrogen) atoms. The number of hydroxylamine groups is 2. The first kappa shape index (κ1) is 16.6. The van der Waals surface area contributed by atoms with Crippen LogP contribution < -0.4 is 0 Å². The maximum absolute atomic E-state index is 12.5. The van der Waals surface area contributed by atoms with E-state index in [1.54, 1.807) is 0 Å². The Hall–Kier alpha value is -0.900. The Balaban J connectivity index is 1.68. The lowest BCUT2D eigenvalue weighted by Gasteiger charge is -2.61. The van der Waals surface area contributed by atoms with Gasteiger partial charge in [0.25, 0.3) is 0 Å². The molecule has 0 aromatic rings. The summed E-state index contributed by atoms with van der Waals surface area (Å²) in [6.07, 6.45) is 7.53. The van der Waals surface area contributed by atoms with Crippen molar-refractivity contribution in [1.82, 2.24) is 5.06 Å². The molecular formula is C20H31NO3. The van der Waals surface area contributed by atoms with Crippen LogP contribution in [-0.4, -0.2) is 28.0 Å². The molecule has 4 aliphatic rings. The van der Waals surface area contributed by atoms with Gasteiger partial charge >= 0.3 is 0 Å². The SMILES string of the molecule is CCC1C[C@@]2(C)C(CC[C@@H]3[C@H]2CC[C@]2(C)C(=O)CC[C@@H]32)N(O)C1=O. The van der Waals surface area contributed by atoms with Crippen LogP contribution in [0.4, 0.5) is 0 Å². The first-order valence-corrected chi connectivity index (χ1v) is 9.88. The van der Waals surface area contributed by atoms with E-state index < -0.39 is 0 Å². The molecular weight excluding hydrogens is 302 g/mol. The van der Waals surface area contributed by atoms with Crippen LogP contribution in [0.5, 0.6) is 0 Å². The highest BCUT2D eigenvalue weighted by atomic mass is 16.5. The zero-order chi connectivity index (χ0) is 17.3. The second kappa shape index (κ2) is 5.30. The fourth-order valence-corrected chi connectivity index (χ4v) is 7.17. The van der Waals surface area contributed by atoms with Crippen LogP contribution in [0.3, 0.4) is 0 Å². The molecule has 4 nitrogen and oxygen atoms in total. The van der Waals surface area contributed by atoms with Crippen LogP contribution in [0.1, 0.15) is 72.1 Å². The van der Waals surface area contributed by atoms with Crippen molar-refractivity contribution in [2.75, 3.05) is 0 Å². The smallest absolute Gasteiger partial charge is 0.249 e. The van der Waals surface area contributed by atoms with Gasteiger partial charge in [-0.25, -0.2) is 5.06 Å². The van der Waals surface area contributed by atoms with Crippen molar-refractivity contribution in [3.63, 3.8) is 0 Å². The Bertz CT molecular complexity index is 575. The largest absolute Gasteiger partial charge is 0.299 e. The highest BCUT2D eigenvalue weighted by Crippen LogP contribution is 2.64. The molecule has 1 N–H and O–H groups in total. The van der Waals surface area contributed by atoms with Gasteiger partial charge in [0.2, 0.25) is 5.91 Å². The predicted molar refractivity (Wildman–Crippen MR) is 90.2 cm³/mol. The van der Waals surface area contributed by atoms with Gasteiger partial charge in [-0.1, -0.05) is 20.8 Å². The Labute approximate surface area is 144 Å². The minimum Gasteiger partial charge on any atom is -0.299 e. The normalized spacial score (nSPS) is 51.2. The molecule has 1 aliphatic heterocycles. The molecule has 3 saturated carbocycles. The average molecular weight is 333 g/mol. The van der Waals surface area contributed by atoms with Crippen LogP contribution >= 0.6 is 0 Å². The van der Waals surface area contributed by atoms with Gasteiger partial charge in [0.05, 0.1) is 6.04 Å². The highest BCUT2D eigenvalue weighted by molar-refractivity contribution is 5.87. The van der Waals surface area contributed by atoms with Crippen molar-refractivity contribution in [2.45, 2.75) is 78.2 Å². The number of carbonyl (C=O) groups excluding carboxylic acids is 2. The monoisotopic (exact) mass is 333 g/mol. The van der Waals surface area contributed by atoms with E-state index in [2.05, 4.69) is 13.8 Å². The number of amides is 1. The summed E-state index contributed by atoms with van der Waals surface area (Å²) in [6.45, 7) is 6.56. The lowest BCUT2D eigenvalue weighted by molar-refractivity contribution is -0.231. The van der Waals surface area contributed by atoms with Crippen molar-refractivity contribution < 1.29 is 14.8 Å². The maximum atomic E-state index is 12.5. The van der Waals surface area contributed by atoms with Gasteiger partial charge in [-0.2, -0.15) is 0 Å². The van der Waals surface area contributed by atoms with Crippen molar-refractivity contribution in [1.29, 1.82) is 0 Å². The zero-order valence-electron chi connectivity index (χ0n) is 15.3. The van der Waals surface area contributed by atoms with E-state index in [1.165, 1.54) is 0 Å². The molecule has 0 aromatic carbocycles. The predicted octanol–water partition coefficient (Wildman–Crippen LogP) is 3.81. The Kier molecular flexibility index (Phi) is 3.66. The lowest BCUT2D eigenvalue weighted by Crippen LogP contribution is -2.63. The number of piperidine rings is 1. The topological polar surface area (TPSA) is 57.6 Å². The van der Waals surface area contributed by atoms with Gasteiger partial charge in [-0.3, -0.25) is 14.8 Å². The van der Waals surface area contributed by atoms with E-state index >= 15 is 0 Å². The number of hydrogen-bond acceptors (Lipinski definition) is 3. The third-order valence-corrected chi connectivity index (χ3v) is 8.58. The summed E-state index contributed by atoms with van der Waals surface area (Å²) in [6, 6.07) is -0.0319. The fraction of sp³-hybridized carbons (Fsp3) is 0.900. The zero-order valence-corrected chi connectivity index (χ0v) is 15.3. The second-order valence-corrected chi connectivity index (χ2v) is 9.39. The maximum Gasteiger partial charge on any atom is 0.249 e. The second-order valence-electron chi connectivity index (χ2n) is 9.39. The Morgan fingerprint density at radius 1 is 1.12 bits per heavy atom. The minimum atomic E-state index is -0.0993. The first-order valence-electron chi connectivity index (χ1n) is 9.88. The van der Waals surface area contributed by atoms with E-state index in [0.717, 1.165) is 56.4 Å². The van der Waals surface area contributed by atoms with Gasteiger partial charge in [0.15, 0.2) is 0 Å². The van der Waals surface area contributed by atoms with E-state index in [9.17, 15) is 14.8 Å². The molecule has 1 saturated heterocycles. The van der Waals surface area contributed by atoms with Crippen LogP contribution in [0.15, 0.2) is 0 Å². The molecule has 134 valence electrons. The molecule has 7 atom stereocenters. The molecule has 3 aliphatic carbocycles. The molecule has 4 heteroatoms. The van der Waals surface area contributed by atoms with E-state index in [0.29, 0.717) is 23.5 Å². The Morgan fingerprint density at radius 3 is 2.58 bits per heavy atom. The summed E-state index contributed by atoms with van der Waals surface area (Å²) in [5.74, 6) is 2.01. The fourth-order valence-electron chi connectivity index (χ4n) is 7.17. The van der Waals surface area contributed by atoms with Crippen molar-refractivity contribution >= 4 is 11.7 Å². The number of nitrogens with zero attached hydrogens (tertiary/aromatic N) is 1. The summed E-state index contributed by atoms with van der Waals surface area (Å²) in [7, 11) is 0. The molecule has 4 rings (SSSR count). The number of Topliss-reactive ketones (excluding diaryl/α,β-unsaturated/α-hetero) is 1. The van der Waals surface area contributed by atoms with Crippen molar-refractivity contribution in [2.24, 2.45) is 34.5 Å². The third kappa shape index (κ3) is 1.95. The number of fused-ring (bicyclic) bond motifs is 5. The standard InChI is InChI=1S/C20H31NO3/c1-4-12-11-20(3)15-9-10-19(2)14(6-8-17(19)22)13(15)5-7-16(20)21(24)18(12)23/h12-16,24H,4-11H2,1-3H3/t12?,13-,14-,15+,16?,19-,20+/m0/s1. The summed E-state index contributed by atoms with van der Waals surface area (Å²) >= 11 is 0. The minimum absolute atomic E-state index is 0.000773. The molecule has 0 radical (unpaired) electrons. The first-order chi connectivity index (χ1) is 11.3. The summed E-state index contributed by atoms with van der Waals surface area (Å²) in [4.78, 5) is 24.9. The molecule has 0 spiro atoms. The number of hydrogen-bond donors (Lipinski definition) is 1. The summed E-state index contributed by atoms with van der Waals surface area (Å²) in [5, 5.41) is 11.6. The van der Waals surface area contributed by atoms with Gasteiger partial charge in [-0.15, -0.1) is 0 Å². The molecule has 0 aromatic heterocycles. The van der Waals surface area contributed by atoms with E-state index in [4.69, 9.17) is 0 Å². The summed E-state index contributed by atoms with van der Waals surface area (Å²) in [5.41, 5.74) is -0.100.